The van der Waals surface area contributed by atoms with Gasteiger partial charge in [-0.05, 0) is 24.7 Å². The van der Waals surface area contributed by atoms with Crippen LogP contribution in [0, 0.1) is 11.8 Å². The molecule has 0 bridgehead atoms. The lowest BCUT2D eigenvalue weighted by Gasteiger charge is -2.31. The molecule has 0 aromatic heterocycles. The van der Waals surface area contributed by atoms with Gasteiger partial charge in [0.25, 0.3) is 0 Å². The Hall–Kier alpha value is -0.260. The first kappa shape index (κ1) is 14.2. The van der Waals surface area contributed by atoms with Gasteiger partial charge in [-0.25, -0.2) is 0 Å². The lowest BCUT2D eigenvalue weighted by molar-refractivity contribution is -0.123. The molecule has 3 unspecified atom stereocenters. The van der Waals surface area contributed by atoms with Gasteiger partial charge in [0.15, 0.2) is 0 Å². The number of hydrogen-bond acceptors (Lipinski definition) is 4. The first-order valence-corrected chi connectivity index (χ1v) is 8.16. The topological polar surface area (TPSA) is 61.4 Å². The fraction of sp³-hybridized carbons (Fsp3) is 0.923. The van der Waals surface area contributed by atoms with E-state index in [0.29, 0.717) is 11.8 Å². The molecule has 0 spiro atoms. The summed E-state index contributed by atoms with van der Waals surface area (Å²) in [7, 11) is 0. The number of aliphatic hydroxyl groups is 1. The number of rotatable bonds is 4. The largest absolute Gasteiger partial charge is 0.396 e. The summed E-state index contributed by atoms with van der Waals surface area (Å²) >= 11 is 1.83. The molecule has 18 heavy (non-hydrogen) atoms. The molecule has 0 radical (unpaired) electrons. The van der Waals surface area contributed by atoms with Crippen LogP contribution in [0.4, 0.5) is 0 Å². The molecule has 1 saturated carbocycles. The highest BCUT2D eigenvalue weighted by atomic mass is 32.2. The molecule has 1 aliphatic heterocycles. The Kier molecular flexibility index (Phi) is 5.79. The zero-order valence-electron chi connectivity index (χ0n) is 10.9. The molecule has 4 nitrogen and oxygen atoms in total. The van der Waals surface area contributed by atoms with Crippen molar-refractivity contribution in [2.45, 2.75) is 31.7 Å². The number of carbonyl (C=O) groups is 1. The van der Waals surface area contributed by atoms with Gasteiger partial charge in [0.1, 0.15) is 0 Å². The molecule has 1 aliphatic carbocycles. The van der Waals surface area contributed by atoms with E-state index in [1.807, 2.05) is 11.8 Å². The molecule has 2 fully saturated rings. The van der Waals surface area contributed by atoms with Gasteiger partial charge >= 0.3 is 0 Å². The molecule has 1 heterocycles. The van der Waals surface area contributed by atoms with Gasteiger partial charge in [0, 0.05) is 31.2 Å². The highest BCUT2D eigenvalue weighted by Gasteiger charge is 2.26. The molecule has 5 heteroatoms. The third-order valence-electron chi connectivity index (χ3n) is 4.08. The van der Waals surface area contributed by atoms with E-state index in [-0.39, 0.29) is 18.6 Å². The second-order valence-electron chi connectivity index (χ2n) is 5.31. The van der Waals surface area contributed by atoms with Crippen LogP contribution in [0.25, 0.3) is 0 Å². The van der Waals surface area contributed by atoms with Crippen LogP contribution >= 0.6 is 11.8 Å². The zero-order chi connectivity index (χ0) is 12.8. The molecule has 1 saturated heterocycles. The highest BCUT2D eigenvalue weighted by molar-refractivity contribution is 7.99. The summed E-state index contributed by atoms with van der Waals surface area (Å²) < 4.78 is 0. The van der Waals surface area contributed by atoms with E-state index in [9.17, 15) is 9.90 Å². The molecule has 0 aromatic rings. The van der Waals surface area contributed by atoms with Crippen molar-refractivity contribution in [3.63, 3.8) is 0 Å². The van der Waals surface area contributed by atoms with Gasteiger partial charge in [-0.2, -0.15) is 11.8 Å². The zero-order valence-corrected chi connectivity index (χ0v) is 11.7. The predicted molar refractivity (Wildman–Crippen MR) is 74.7 cm³/mol. The van der Waals surface area contributed by atoms with Crippen molar-refractivity contribution >= 4 is 17.7 Å². The van der Waals surface area contributed by atoms with E-state index in [0.717, 1.165) is 37.4 Å². The SMILES string of the molecule is O=C(NCC1CCCCC1CO)C1CSCCN1. The Morgan fingerprint density at radius 2 is 2.11 bits per heavy atom. The third-order valence-corrected chi connectivity index (χ3v) is 5.14. The normalized spacial score (nSPS) is 33.1. The number of nitrogens with one attached hydrogen (secondary N) is 2. The van der Waals surface area contributed by atoms with Crippen LogP contribution in [0.5, 0.6) is 0 Å². The fourth-order valence-corrected chi connectivity index (χ4v) is 3.82. The maximum absolute atomic E-state index is 12.0. The van der Waals surface area contributed by atoms with Gasteiger partial charge in [-0.1, -0.05) is 12.8 Å². The Balaban J connectivity index is 1.73. The highest BCUT2D eigenvalue weighted by Crippen LogP contribution is 2.29. The van der Waals surface area contributed by atoms with E-state index in [2.05, 4.69) is 10.6 Å². The summed E-state index contributed by atoms with van der Waals surface area (Å²) in [4.78, 5) is 12.0. The Bertz CT molecular complexity index is 270. The van der Waals surface area contributed by atoms with Gasteiger partial charge in [0.2, 0.25) is 5.91 Å². The second kappa shape index (κ2) is 7.36. The van der Waals surface area contributed by atoms with Crippen LogP contribution in [-0.4, -0.2) is 48.3 Å². The molecule has 2 aliphatic rings. The maximum atomic E-state index is 12.0. The average molecular weight is 272 g/mol. The molecule has 1 amide bonds. The molecule has 104 valence electrons. The fourth-order valence-electron chi connectivity index (χ4n) is 2.88. The number of aliphatic hydroxyl groups excluding tert-OH is 1. The Morgan fingerprint density at radius 3 is 2.78 bits per heavy atom. The van der Waals surface area contributed by atoms with Crippen molar-refractivity contribution < 1.29 is 9.90 Å². The minimum atomic E-state index is -0.0279. The minimum Gasteiger partial charge on any atom is -0.396 e. The lowest BCUT2D eigenvalue weighted by atomic mass is 9.79. The van der Waals surface area contributed by atoms with Crippen LogP contribution in [0.15, 0.2) is 0 Å². The first-order valence-electron chi connectivity index (χ1n) is 7.01. The van der Waals surface area contributed by atoms with Gasteiger partial charge < -0.3 is 15.7 Å². The van der Waals surface area contributed by atoms with Crippen LogP contribution in [0.3, 0.4) is 0 Å². The molecule has 3 N–H and O–H groups in total. The van der Waals surface area contributed by atoms with Crippen molar-refractivity contribution in [3.8, 4) is 0 Å². The summed E-state index contributed by atoms with van der Waals surface area (Å²) in [5, 5.41) is 15.7. The molecule has 3 atom stereocenters. The Morgan fingerprint density at radius 1 is 1.33 bits per heavy atom. The summed E-state index contributed by atoms with van der Waals surface area (Å²) in [6, 6.07) is -0.0279. The summed E-state index contributed by atoms with van der Waals surface area (Å²) in [6.45, 7) is 1.91. The quantitative estimate of drug-likeness (QED) is 0.701. The van der Waals surface area contributed by atoms with Gasteiger partial charge in [-0.3, -0.25) is 4.79 Å². The summed E-state index contributed by atoms with van der Waals surface area (Å²) in [5.41, 5.74) is 0. The summed E-state index contributed by atoms with van der Waals surface area (Å²) in [5.74, 6) is 2.94. The lowest BCUT2D eigenvalue weighted by Crippen LogP contribution is -2.50. The number of amides is 1. The van der Waals surface area contributed by atoms with E-state index < -0.39 is 0 Å². The number of thioether (sulfide) groups is 1. The van der Waals surface area contributed by atoms with Crippen LogP contribution < -0.4 is 10.6 Å². The van der Waals surface area contributed by atoms with Crippen molar-refractivity contribution in [1.29, 1.82) is 0 Å². The smallest absolute Gasteiger partial charge is 0.238 e. The van der Waals surface area contributed by atoms with E-state index in [4.69, 9.17) is 0 Å². The van der Waals surface area contributed by atoms with E-state index in [1.165, 1.54) is 12.8 Å². The van der Waals surface area contributed by atoms with Crippen LogP contribution in [-0.2, 0) is 4.79 Å². The maximum Gasteiger partial charge on any atom is 0.238 e. The minimum absolute atomic E-state index is 0.0279. The van der Waals surface area contributed by atoms with E-state index >= 15 is 0 Å². The number of carbonyl (C=O) groups excluding carboxylic acids is 1. The van der Waals surface area contributed by atoms with Crippen molar-refractivity contribution in [2.75, 3.05) is 31.2 Å². The molecule has 0 aromatic carbocycles. The second-order valence-corrected chi connectivity index (χ2v) is 6.46. The van der Waals surface area contributed by atoms with Crippen molar-refractivity contribution in [3.05, 3.63) is 0 Å². The Labute approximate surface area is 113 Å². The van der Waals surface area contributed by atoms with Crippen LogP contribution in [0.2, 0.25) is 0 Å². The predicted octanol–water partition coefficient (Wildman–Crippen LogP) is 0.606. The summed E-state index contributed by atoms with van der Waals surface area (Å²) in [6.07, 6.45) is 4.69. The van der Waals surface area contributed by atoms with Gasteiger partial charge in [-0.15, -0.1) is 0 Å². The van der Waals surface area contributed by atoms with E-state index in [1.54, 1.807) is 0 Å². The molecule has 2 rings (SSSR count). The molecular formula is C13H24N2O2S. The molecular weight excluding hydrogens is 248 g/mol. The number of hydrogen-bond donors (Lipinski definition) is 3. The van der Waals surface area contributed by atoms with Crippen molar-refractivity contribution in [1.82, 2.24) is 10.6 Å². The monoisotopic (exact) mass is 272 g/mol. The van der Waals surface area contributed by atoms with Crippen LogP contribution in [0.1, 0.15) is 25.7 Å². The van der Waals surface area contributed by atoms with Crippen molar-refractivity contribution in [2.24, 2.45) is 11.8 Å². The standard InChI is InChI=1S/C13H24N2O2S/c16-8-11-4-2-1-3-10(11)7-15-13(17)12-9-18-6-5-14-12/h10-12,14,16H,1-9H2,(H,15,17). The van der Waals surface area contributed by atoms with Gasteiger partial charge in [0.05, 0.1) is 6.04 Å². The first-order chi connectivity index (χ1) is 8.81. The third kappa shape index (κ3) is 3.87. The average Bonchev–Trinajstić information content (AvgIpc) is 2.46.